The van der Waals surface area contributed by atoms with E-state index in [-0.39, 0.29) is 12.2 Å². The van der Waals surface area contributed by atoms with Gasteiger partial charge in [0.05, 0.1) is 36.5 Å². The number of hydrogen-bond donors (Lipinski definition) is 2. The normalized spacial score (nSPS) is 19.8. The maximum Gasteiger partial charge on any atom is 0.262 e. The molecule has 1 amide bonds. The highest BCUT2D eigenvalue weighted by molar-refractivity contribution is 5.87. The number of aliphatic hydroxyl groups is 1. The van der Waals surface area contributed by atoms with E-state index < -0.39 is 11.5 Å². The number of pyridine rings is 1. The average Bonchev–Trinajstić information content (AvgIpc) is 3.56. The molecule has 1 saturated heterocycles. The molecule has 1 fully saturated rings. The number of nitrogens with one attached hydrogen (secondary N) is 1. The molecule has 0 radical (unpaired) electrons. The summed E-state index contributed by atoms with van der Waals surface area (Å²) in [4.78, 5) is 32.0. The summed E-state index contributed by atoms with van der Waals surface area (Å²) in [7, 11) is 1.64. The fourth-order valence-corrected chi connectivity index (χ4v) is 4.45. The third-order valence-corrected chi connectivity index (χ3v) is 6.46. The lowest BCUT2D eigenvalue weighted by Crippen LogP contribution is -2.35. The number of aromatic nitrogens is 6. The Morgan fingerprint density at radius 1 is 1.06 bits per heavy atom. The molecular formula is C24H24N8O4. The summed E-state index contributed by atoms with van der Waals surface area (Å²) in [6.07, 6.45) is 4.44. The van der Waals surface area contributed by atoms with Crippen molar-refractivity contribution in [3.63, 3.8) is 0 Å². The molecule has 0 unspecified atom stereocenters. The van der Waals surface area contributed by atoms with Crippen LogP contribution in [0.4, 0.5) is 11.8 Å². The average molecular weight is 489 g/mol. The van der Waals surface area contributed by atoms with Crippen molar-refractivity contribution in [1.29, 1.82) is 0 Å². The SMILES string of the molecule is CN1CC[C@@](O)(c2cc(-c3cccc(-c4ccnc(Nc5cnc6n5CCOCC6)n4)n3)no2)C1=O. The molecule has 12 heteroatoms. The van der Waals surface area contributed by atoms with E-state index in [9.17, 15) is 9.90 Å². The molecule has 1 atom stereocenters. The summed E-state index contributed by atoms with van der Waals surface area (Å²) in [5.41, 5.74) is 0.461. The molecule has 2 N–H and O–H groups in total. The molecule has 0 bridgehead atoms. The van der Waals surface area contributed by atoms with Crippen molar-refractivity contribution in [2.45, 2.75) is 25.0 Å². The highest BCUT2D eigenvalue weighted by Gasteiger charge is 2.48. The molecule has 2 aliphatic rings. The van der Waals surface area contributed by atoms with Crippen LogP contribution >= 0.6 is 0 Å². The van der Waals surface area contributed by atoms with Gasteiger partial charge < -0.3 is 29.2 Å². The van der Waals surface area contributed by atoms with Crippen LogP contribution in [0, 0.1) is 0 Å². The van der Waals surface area contributed by atoms with Crippen LogP contribution in [-0.2, 0) is 28.1 Å². The van der Waals surface area contributed by atoms with Gasteiger partial charge in [0.2, 0.25) is 11.5 Å². The van der Waals surface area contributed by atoms with Gasteiger partial charge in [0.1, 0.15) is 17.3 Å². The van der Waals surface area contributed by atoms with Gasteiger partial charge in [-0.05, 0) is 18.2 Å². The second-order valence-corrected chi connectivity index (χ2v) is 8.79. The van der Waals surface area contributed by atoms with E-state index in [4.69, 9.17) is 9.26 Å². The lowest BCUT2D eigenvalue weighted by molar-refractivity contribution is -0.144. The first-order valence-electron chi connectivity index (χ1n) is 11.7. The summed E-state index contributed by atoms with van der Waals surface area (Å²) in [6, 6.07) is 8.78. The van der Waals surface area contributed by atoms with E-state index in [0.29, 0.717) is 55.0 Å². The van der Waals surface area contributed by atoms with Crippen LogP contribution in [0.15, 0.2) is 47.2 Å². The fraction of sp³-hybridized carbons (Fsp3) is 0.333. The molecule has 2 aliphatic heterocycles. The third-order valence-electron chi connectivity index (χ3n) is 6.46. The van der Waals surface area contributed by atoms with Gasteiger partial charge in [-0.25, -0.2) is 19.9 Å². The first-order valence-corrected chi connectivity index (χ1v) is 11.7. The number of amides is 1. The van der Waals surface area contributed by atoms with Crippen LogP contribution in [0.1, 0.15) is 18.0 Å². The van der Waals surface area contributed by atoms with E-state index >= 15 is 0 Å². The quantitative estimate of drug-likeness (QED) is 0.426. The Morgan fingerprint density at radius 3 is 2.72 bits per heavy atom. The third kappa shape index (κ3) is 3.89. The minimum absolute atomic E-state index is 0.109. The first kappa shape index (κ1) is 22.3. The van der Waals surface area contributed by atoms with Gasteiger partial charge in [-0.1, -0.05) is 11.2 Å². The zero-order valence-electron chi connectivity index (χ0n) is 19.6. The van der Waals surface area contributed by atoms with Gasteiger partial charge in [0.25, 0.3) is 5.91 Å². The van der Waals surface area contributed by atoms with E-state index in [1.54, 1.807) is 37.6 Å². The Kier molecular flexibility index (Phi) is 5.46. The maximum absolute atomic E-state index is 12.4. The Bertz CT molecular complexity index is 1430. The predicted octanol–water partition coefficient (Wildman–Crippen LogP) is 1.76. The number of nitrogens with zero attached hydrogens (tertiary/aromatic N) is 7. The van der Waals surface area contributed by atoms with E-state index in [2.05, 4.69) is 35.0 Å². The zero-order chi connectivity index (χ0) is 24.7. The smallest absolute Gasteiger partial charge is 0.262 e. The van der Waals surface area contributed by atoms with Crippen LogP contribution in [-0.4, -0.2) is 72.4 Å². The molecular weight excluding hydrogens is 464 g/mol. The standard InChI is InChI=1S/C24H24N8O4/c1-31-9-7-24(34,22(31)33)19-13-18(30-36-19)16-4-2-3-15(27-16)17-5-8-25-23(28-17)29-21-14-26-20-6-11-35-12-10-32(20)21/h2-5,8,13-14,34H,6-7,9-12H2,1H3,(H,25,28,29)/t24-/m1/s1. The molecule has 6 heterocycles. The Labute approximate surface area is 206 Å². The Hall–Kier alpha value is -4.16. The molecule has 184 valence electrons. The van der Waals surface area contributed by atoms with Gasteiger partial charge in [0, 0.05) is 45.2 Å². The molecule has 0 aromatic carbocycles. The number of anilines is 2. The number of hydrogen-bond acceptors (Lipinski definition) is 10. The molecule has 0 saturated carbocycles. The number of ether oxygens (including phenoxy) is 1. The van der Waals surface area contributed by atoms with Crippen molar-refractivity contribution in [1.82, 2.24) is 34.6 Å². The van der Waals surface area contributed by atoms with E-state index in [0.717, 1.165) is 18.1 Å². The van der Waals surface area contributed by atoms with Crippen LogP contribution in [0.2, 0.25) is 0 Å². The number of carbonyl (C=O) groups is 1. The number of rotatable bonds is 5. The number of likely N-dealkylation sites (tertiary alicyclic amines) is 1. The van der Waals surface area contributed by atoms with Crippen molar-refractivity contribution < 1.29 is 19.2 Å². The van der Waals surface area contributed by atoms with Crippen LogP contribution in [0.5, 0.6) is 0 Å². The fourth-order valence-electron chi connectivity index (χ4n) is 4.45. The molecule has 12 nitrogen and oxygen atoms in total. The van der Waals surface area contributed by atoms with Gasteiger partial charge in [0.15, 0.2) is 5.76 Å². The Morgan fingerprint density at radius 2 is 1.89 bits per heavy atom. The molecule has 6 rings (SSSR count). The van der Waals surface area contributed by atoms with Crippen molar-refractivity contribution in [3.8, 4) is 22.8 Å². The topological polar surface area (TPSA) is 144 Å². The van der Waals surface area contributed by atoms with Crippen molar-refractivity contribution in [3.05, 3.63) is 54.3 Å². The summed E-state index contributed by atoms with van der Waals surface area (Å²) >= 11 is 0. The summed E-state index contributed by atoms with van der Waals surface area (Å²) < 4.78 is 13.0. The number of imidazole rings is 1. The van der Waals surface area contributed by atoms with Crippen LogP contribution < -0.4 is 5.32 Å². The zero-order valence-corrected chi connectivity index (χ0v) is 19.6. The van der Waals surface area contributed by atoms with Gasteiger partial charge >= 0.3 is 0 Å². The van der Waals surface area contributed by atoms with Crippen molar-refractivity contribution in [2.75, 3.05) is 32.1 Å². The van der Waals surface area contributed by atoms with Crippen LogP contribution in [0.3, 0.4) is 0 Å². The van der Waals surface area contributed by atoms with E-state index in [1.807, 2.05) is 12.1 Å². The second kappa shape index (κ2) is 8.81. The second-order valence-electron chi connectivity index (χ2n) is 8.79. The van der Waals surface area contributed by atoms with Gasteiger partial charge in [-0.2, -0.15) is 0 Å². The highest BCUT2D eigenvalue weighted by atomic mass is 16.5. The molecule has 0 aliphatic carbocycles. The van der Waals surface area contributed by atoms with Crippen LogP contribution in [0.25, 0.3) is 22.8 Å². The Balaban J connectivity index is 1.25. The molecule has 0 spiro atoms. The van der Waals surface area contributed by atoms with Crippen molar-refractivity contribution >= 4 is 17.7 Å². The summed E-state index contributed by atoms with van der Waals surface area (Å²) in [5, 5.41) is 18.1. The maximum atomic E-state index is 12.4. The lowest BCUT2D eigenvalue weighted by Gasteiger charge is -2.16. The molecule has 4 aromatic rings. The van der Waals surface area contributed by atoms with E-state index in [1.165, 1.54) is 4.90 Å². The first-order chi connectivity index (χ1) is 17.5. The minimum Gasteiger partial charge on any atom is -0.379 e. The molecule has 36 heavy (non-hydrogen) atoms. The largest absolute Gasteiger partial charge is 0.379 e. The number of carbonyl (C=O) groups excluding carboxylic acids is 1. The van der Waals surface area contributed by atoms with Gasteiger partial charge in [-0.15, -0.1) is 0 Å². The van der Waals surface area contributed by atoms with Gasteiger partial charge in [-0.3, -0.25) is 4.79 Å². The highest BCUT2D eigenvalue weighted by Crippen LogP contribution is 2.34. The minimum atomic E-state index is -1.71. The number of likely N-dealkylation sites (N-methyl/N-ethyl adjacent to an activating group) is 1. The summed E-state index contributed by atoms with van der Waals surface area (Å²) in [5.74, 6) is 1.88. The lowest BCUT2D eigenvalue weighted by atomic mass is 9.98. The summed E-state index contributed by atoms with van der Waals surface area (Å²) in [6.45, 7) is 2.43. The predicted molar refractivity (Wildman–Crippen MR) is 127 cm³/mol. The molecule has 4 aromatic heterocycles. The monoisotopic (exact) mass is 488 g/mol. The number of fused-ring (bicyclic) bond motifs is 1. The van der Waals surface area contributed by atoms with Crippen molar-refractivity contribution in [2.24, 2.45) is 0 Å².